The monoisotopic (exact) mass is 402 g/mol. The Morgan fingerprint density at radius 3 is 2.24 bits per heavy atom. The number of nitrogens with one attached hydrogen (secondary N) is 2. The van der Waals surface area contributed by atoms with Crippen molar-refractivity contribution in [1.29, 1.82) is 0 Å². The molecule has 29 heavy (non-hydrogen) atoms. The quantitative estimate of drug-likeness (QED) is 0.452. The smallest absolute Gasteiger partial charge is 0.171 e. The molecule has 4 aromatic rings. The van der Waals surface area contributed by atoms with Crippen LogP contribution in [0.25, 0.3) is 16.9 Å². The van der Waals surface area contributed by atoms with Crippen molar-refractivity contribution in [2.24, 2.45) is 0 Å². The number of anilines is 1. The van der Waals surface area contributed by atoms with E-state index in [0.29, 0.717) is 11.7 Å². The Bertz CT molecular complexity index is 1090. The first-order valence-electron chi connectivity index (χ1n) is 9.19. The molecule has 0 aliphatic rings. The van der Waals surface area contributed by atoms with Crippen LogP contribution in [0.4, 0.5) is 10.1 Å². The summed E-state index contributed by atoms with van der Waals surface area (Å²) in [5, 5.41) is 11.6. The lowest BCUT2D eigenvalue weighted by Gasteiger charge is -2.10. The van der Waals surface area contributed by atoms with E-state index in [2.05, 4.69) is 10.6 Å². The Labute approximate surface area is 174 Å². The molecule has 3 aromatic carbocycles. The highest BCUT2D eigenvalue weighted by Crippen LogP contribution is 2.24. The van der Waals surface area contributed by atoms with Crippen LogP contribution in [0.5, 0.6) is 0 Å². The van der Waals surface area contributed by atoms with Gasteiger partial charge in [0.25, 0.3) is 0 Å². The highest BCUT2D eigenvalue weighted by atomic mass is 32.1. The van der Waals surface area contributed by atoms with E-state index in [0.717, 1.165) is 28.2 Å². The summed E-state index contributed by atoms with van der Waals surface area (Å²) in [6.07, 6.45) is 1.96. The van der Waals surface area contributed by atoms with Crippen molar-refractivity contribution in [1.82, 2.24) is 15.1 Å². The molecule has 0 spiro atoms. The molecule has 0 fully saturated rings. The third kappa shape index (κ3) is 4.67. The predicted octanol–water partition coefficient (Wildman–Crippen LogP) is 5.17. The first kappa shape index (κ1) is 18.8. The molecule has 1 aromatic heterocycles. The Morgan fingerprint density at radius 1 is 0.897 bits per heavy atom. The van der Waals surface area contributed by atoms with Gasteiger partial charge >= 0.3 is 0 Å². The van der Waals surface area contributed by atoms with Crippen molar-refractivity contribution in [2.45, 2.75) is 6.54 Å². The van der Waals surface area contributed by atoms with Crippen molar-refractivity contribution < 1.29 is 4.39 Å². The molecule has 1 heterocycles. The van der Waals surface area contributed by atoms with Crippen LogP contribution in [0.3, 0.4) is 0 Å². The van der Waals surface area contributed by atoms with Crippen LogP contribution in [0.2, 0.25) is 0 Å². The first-order valence-corrected chi connectivity index (χ1v) is 9.60. The number of hydrogen-bond donors (Lipinski definition) is 2. The maximum Gasteiger partial charge on any atom is 0.171 e. The zero-order chi connectivity index (χ0) is 20.1. The van der Waals surface area contributed by atoms with E-state index in [4.69, 9.17) is 17.3 Å². The minimum atomic E-state index is -0.274. The van der Waals surface area contributed by atoms with Gasteiger partial charge in [-0.25, -0.2) is 9.07 Å². The normalized spacial score (nSPS) is 10.5. The van der Waals surface area contributed by atoms with Gasteiger partial charge in [0.1, 0.15) is 5.82 Å². The molecule has 0 saturated heterocycles. The second-order valence-electron chi connectivity index (χ2n) is 6.46. The predicted molar refractivity (Wildman–Crippen MR) is 118 cm³/mol. The number of benzene rings is 3. The summed E-state index contributed by atoms with van der Waals surface area (Å²) in [6, 6.07) is 26.0. The second-order valence-corrected chi connectivity index (χ2v) is 6.87. The van der Waals surface area contributed by atoms with E-state index >= 15 is 0 Å². The number of rotatable bonds is 5. The summed E-state index contributed by atoms with van der Waals surface area (Å²) in [5.41, 5.74) is 4.46. The Hall–Kier alpha value is -3.51. The van der Waals surface area contributed by atoms with Gasteiger partial charge in [0.05, 0.1) is 11.4 Å². The molecule has 4 rings (SSSR count). The highest BCUT2D eigenvalue weighted by molar-refractivity contribution is 7.80. The number of thiocarbonyl (C=S) groups is 1. The summed E-state index contributed by atoms with van der Waals surface area (Å²) < 4.78 is 15.2. The summed E-state index contributed by atoms with van der Waals surface area (Å²) >= 11 is 5.41. The number of para-hydroxylation sites is 2. The maximum atomic E-state index is 13.4. The molecular formula is C23H19FN4S. The summed E-state index contributed by atoms with van der Waals surface area (Å²) in [4.78, 5) is 0. The average Bonchev–Trinajstić information content (AvgIpc) is 3.18. The molecule has 0 amide bonds. The zero-order valence-electron chi connectivity index (χ0n) is 15.5. The number of halogens is 1. The number of hydrogen-bond acceptors (Lipinski definition) is 2. The number of nitrogens with zero attached hydrogens (tertiary/aromatic N) is 2. The third-order valence-corrected chi connectivity index (χ3v) is 4.65. The van der Waals surface area contributed by atoms with Crippen molar-refractivity contribution >= 4 is 23.0 Å². The summed E-state index contributed by atoms with van der Waals surface area (Å²) in [7, 11) is 0. The lowest BCUT2D eigenvalue weighted by molar-refractivity contribution is 0.628. The van der Waals surface area contributed by atoms with E-state index in [1.807, 2.05) is 71.5 Å². The van der Waals surface area contributed by atoms with Crippen LogP contribution in [0.1, 0.15) is 5.56 Å². The SMILES string of the molecule is Fc1ccc(-c2nn(-c3ccccc3)cc2CNC(=S)Nc2ccccc2)cc1. The molecular weight excluding hydrogens is 383 g/mol. The molecule has 0 bridgehead atoms. The molecule has 144 valence electrons. The molecule has 0 saturated carbocycles. The van der Waals surface area contributed by atoms with Crippen molar-refractivity contribution in [3.8, 4) is 16.9 Å². The Morgan fingerprint density at radius 2 is 1.55 bits per heavy atom. The minimum Gasteiger partial charge on any atom is -0.358 e. The largest absolute Gasteiger partial charge is 0.358 e. The lowest BCUT2D eigenvalue weighted by atomic mass is 10.1. The molecule has 0 aliphatic heterocycles. The molecule has 0 unspecified atom stereocenters. The van der Waals surface area contributed by atoms with Crippen LogP contribution in [-0.2, 0) is 6.54 Å². The topological polar surface area (TPSA) is 41.9 Å². The molecule has 0 atom stereocenters. The van der Waals surface area contributed by atoms with Gasteiger partial charge in [-0.15, -0.1) is 0 Å². The van der Waals surface area contributed by atoms with Crippen LogP contribution >= 0.6 is 12.2 Å². The van der Waals surface area contributed by atoms with Gasteiger partial charge in [0.2, 0.25) is 0 Å². The van der Waals surface area contributed by atoms with Crippen molar-refractivity contribution in [3.05, 3.63) is 103 Å². The van der Waals surface area contributed by atoms with Crippen LogP contribution in [0, 0.1) is 5.82 Å². The molecule has 0 radical (unpaired) electrons. The minimum absolute atomic E-state index is 0.274. The number of aromatic nitrogens is 2. The van der Waals surface area contributed by atoms with Gasteiger partial charge in [-0.05, 0) is 60.7 Å². The summed E-state index contributed by atoms with van der Waals surface area (Å²) in [5.74, 6) is -0.274. The molecule has 2 N–H and O–H groups in total. The molecule has 6 heteroatoms. The second kappa shape index (κ2) is 8.67. The van der Waals surface area contributed by atoms with Crippen LogP contribution in [0.15, 0.2) is 91.1 Å². The van der Waals surface area contributed by atoms with E-state index in [-0.39, 0.29) is 5.82 Å². The highest BCUT2D eigenvalue weighted by Gasteiger charge is 2.13. The van der Waals surface area contributed by atoms with Gasteiger partial charge in [-0.1, -0.05) is 36.4 Å². The van der Waals surface area contributed by atoms with Crippen molar-refractivity contribution in [3.63, 3.8) is 0 Å². The van der Waals surface area contributed by atoms with E-state index < -0.39 is 0 Å². The van der Waals surface area contributed by atoms with E-state index in [1.54, 1.807) is 12.1 Å². The third-order valence-electron chi connectivity index (χ3n) is 4.40. The average molecular weight is 402 g/mol. The van der Waals surface area contributed by atoms with Gasteiger partial charge in [-0.3, -0.25) is 0 Å². The first-order chi connectivity index (χ1) is 14.2. The van der Waals surface area contributed by atoms with Crippen molar-refractivity contribution in [2.75, 3.05) is 5.32 Å². The van der Waals surface area contributed by atoms with Gasteiger partial charge in [-0.2, -0.15) is 5.10 Å². The summed E-state index contributed by atoms with van der Waals surface area (Å²) in [6.45, 7) is 0.484. The fourth-order valence-electron chi connectivity index (χ4n) is 2.98. The fourth-order valence-corrected chi connectivity index (χ4v) is 3.17. The van der Waals surface area contributed by atoms with E-state index in [9.17, 15) is 4.39 Å². The maximum absolute atomic E-state index is 13.4. The van der Waals surface area contributed by atoms with Gasteiger partial charge < -0.3 is 10.6 Å². The van der Waals surface area contributed by atoms with Crippen LogP contribution in [-0.4, -0.2) is 14.9 Å². The standard InChI is InChI=1S/C23H19FN4S/c24-19-13-11-17(12-14-19)22-18(16-28(27-22)21-9-5-2-6-10-21)15-25-23(29)26-20-7-3-1-4-8-20/h1-14,16H,15H2,(H2,25,26,29). The van der Waals surface area contributed by atoms with Gasteiger partial charge in [0.15, 0.2) is 5.11 Å². The Kier molecular flexibility index (Phi) is 5.63. The van der Waals surface area contributed by atoms with Crippen LogP contribution < -0.4 is 10.6 Å². The molecule has 0 aliphatic carbocycles. The molecule has 4 nitrogen and oxygen atoms in total. The Balaban J connectivity index is 1.58. The van der Waals surface area contributed by atoms with Gasteiger partial charge in [0, 0.05) is 29.6 Å². The van der Waals surface area contributed by atoms with E-state index in [1.165, 1.54) is 12.1 Å². The zero-order valence-corrected chi connectivity index (χ0v) is 16.4. The lowest BCUT2D eigenvalue weighted by Crippen LogP contribution is -2.27. The fraction of sp³-hybridized carbons (Fsp3) is 0.0435.